The van der Waals surface area contributed by atoms with E-state index in [2.05, 4.69) is 20.5 Å². The van der Waals surface area contributed by atoms with E-state index in [1.807, 2.05) is 24.3 Å². The molecule has 4 nitrogen and oxygen atoms in total. The second kappa shape index (κ2) is 6.04. The summed E-state index contributed by atoms with van der Waals surface area (Å²) in [4.78, 5) is 4.41. The molecule has 3 aromatic rings. The molecule has 1 aliphatic carbocycles. The van der Waals surface area contributed by atoms with Crippen LogP contribution in [0.5, 0.6) is 0 Å². The van der Waals surface area contributed by atoms with Crippen LogP contribution in [-0.4, -0.2) is 15.2 Å². The fourth-order valence-corrected chi connectivity index (χ4v) is 3.41. The number of nitrogens with zero attached hydrogens (tertiary/aromatic N) is 3. The van der Waals surface area contributed by atoms with Crippen LogP contribution in [0.3, 0.4) is 0 Å². The first-order valence-corrected chi connectivity index (χ1v) is 8.37. The smallest absolute Gasteiger partial charge is 0.206 e. The lowest BCUT2D eigenvalue weighted by Crippen LogP contribution is -2.13. The van der Waals surface area contributed by atoms with Crippen molar-refractivity contribution in [3.8, 4) is 0 Å². The van der Waals surface area contributed by atoms with Crippen molar-refractivity contribution in [3.05, 3.63) is 70.7 Å². The van der Waals surface area contributed by atoms with Crippen molar-refractivity contribution in [2.75, 3.05) is 5.32 Å². The molecule has 2 aromatic heterocycles. The third kappa shape index (κ3) is 3.22. The number of aromatic nitrogens is 3. The molecule has 4 rings (SSSR count). The first-order chi connectivity index (χ1) is 11.3. The molecular weight excluding hydrogens is 311 g/mol. The summed E-state index contributed by atoms with van der Waals surface area (Å²) >= 11 is 1.57. The number of rotatable bonds is 5. The predicted octanol–water partition coefficient (Wildman–Crippen LogP) is 4.15. The van der Waals surface area contributed by atoms with E-state index in [0.717, 1.165) is 21.4 Å². The topological polar surface area (TPSA) is 50.7 Å². The fraction of sp³-hybridized carbons (Fsp3) is 0.235. The Morgan fingerprint density at radius 2 is 2.04 bits per heavy atom. The Morgan fingerprint density at radius 1 is 1.13 bits per heavy atom. The zero-order valence-electron chi connectivity index (χ0n) is 12.3. The molecule has 1 saturated carbocycles. The highest BCUT2D eigenvalue weighted by Gasteiger charge is 2.28. The molecule has 1 fully saturated rings. The van der Waals surface area contributed by atoms with Gasteiger partial charge in [0.1, 0.15) is 10.8 Å². The maximum absolute atomic E-state index is 13.6. The molecule has 1 aromatic carbocycles. The van der Waals surface area contributed by atoms with Gasteiger partial charge in [0.05, 0.1) is 11.7 Å². The van der Waals surface area contributed by atoms with Crippen LogP contribution >= 0.6 is 11.3 Å². The molecule has 0 spiro atoms. The van der Waals surface area contributed by atoms with Gasteiger partial charge in [0.25, 0.3) is 0 Å². The van der Waals surface area contributed by atoms with Crippen molar-refractivity contribution in [2.45, 2.75) is 24.8 Å². The Balaban J connectivity index is 1.66. The summed E-state index contributed by atoms with van der Waals surface area (Å²) in [6, 6.07) is 12.0. The van der Waals surface area contributed by atoms with Gasteiger partial charge in [-0.1, -0.05) is 29.5 Å². The molecule has 1 N–H and O–H groups in total. The molecule has 23 heavy (non-hydrogen) atoms. The van der Waals surface area contributed by atoms with Crippen LogP contribution < -0.4 is 5.32 Å². The number of halogens is 1. The fourth-order valence-electron chi connectivity index (χ4n) is 2.47. The molecule has 1 atom stereocenters. The van der Waals surface area contributed by atoms with Crippen LogP contribution in [0.1, 0.15) is 41.1 Å². The lowest BCUT2D eigenvalue weighted by Gasteiger charge is -2.18. The van der Waals surface area contributed by atoms with Crippen molar-refractivity contribution in [2.24, 2.45) is 0 Å². The quantitative estimate of drug-likeness (QED) is 0.765. The summed E-state index contributed by atoms with van der Waals surface area (Å²) in [6.45, 7) is 0. The van der Waals surface area contributed by atoms with E-state index in [1.165, 1.54) is 25.0 Å². The lowest BCUT2D eigenvalue weighted by molar-refractivity contribution is 0.624. The molecule has 0 amide bonds. The highest BCUT2D eigenvalue weighted by molar-refractivity contribution is 7.15. The van der Waals surface area contributed by atoms with Crippen LogP contribution in [0.25, 0.3) is 0 Å². The van der Waals surface area contributed by atoms with Crippen molar-refractivity contribution < 1.29 is 4.39 Å². The minimum atomic E-state index is -0.263. The summed E-state index contributed by atoms with van der Waals surface area (Å²) in [5.74, 6) is 0.312. The van der Waals surface area contributed by atoms with Gasteiger partial charge in [-0.3, -0.25) is 4.98 Å². The molecule has 2 heterocycles. The monoisotopic (exact) mass is 326 g/mol. The zero-order valence-corrected chi connectivity index (χ0v) is 13.1. The molecule has 0 saturated heterocycles. The first-order valence-electron chi connectivity index (χ1n) is 7.56. The molecule has 0 bridgehead atoms. The third-order valence-corrected chi connectivity index (χ3v) is 4.82. The Hall–Kier alpha value is -2.34. The Labute approximate surface area is 137 Å². The van der Waals surface area contributed by atoms with E-state index in [1.54, 1.807) is 23.6 Å². The van der Waals surface area contributed by atoms with Gasteiger partial charge in [0.15, 0.2) is 0 Å². The second-order valence-electron chi connectivity index (χ2n) is 5.61. The van der Waals surface area contributed by atoms with E-state index >= 15 is 0 Å². The van der Waals surface area contributed by atoms with Gasteiger partial charge in [-0.2, -0.15) is 0 Å². The zero-order chi connectivity index (χ0) is 15.6. The van der Waals surface area contributed by atoms with E-state index < -0.39 is 0 Å². The van der Waals surface area contributed by atoms with Gasteiger partial charge in [-0.25, -0.2) is 4.39 Å². The maximum Gasteiger partial charge on any atom is 0.206 e. The van der Waals surface area contributed by atoms with Crippen molar-refractivity contribution >= 4 is 16.5 Å². The number of hydrogen-bond donors (Lipinski definition) is 1. The summed E-state index contributed by atoms with van der Waals surface area (Å²) in [5, 5.41) is 13.6. The summed E-state index contributed by atoms with van der Waals surface area (Å²) < 4.78 is 13.6. The first kappa shape index (κ1) is 14.3. The Kier molecular flexibility index (Phi) is 3.75. The predicted molar refractivity (Wildman–Crippen MR) is 88.0 cm³/mol. The van der Waals surface area contributed by atoms with E-state index in [0.29, 0.717) is 5.92 Å². The minimum Gasteiger partial charge on any atom is -0.348 e. The third-order valence-electron chi connectivity index (χ3n) is 3.80. The van der Waals surface area contributed by atoms with E-state index in [4.69, 9.17) is 0 Å². The van der Waals surface area contributed by atoms with Crippen LogP contribution in [-0.2, 0) is 0 Å². The van der Waals surface area contributed by atoms with Gasteiger partial charge in [0, 0.05) is 12.1 Å². The SMILES string of the molecule is Fc1cccc(C(Nc2nnc(C3CC3)s2)c2ccccn2)c1. The minimum absolute atomic E-state index is 0.257. The number of anilines is 1. The maximum atomic E-state index is 13.6. The van der Waals surface area contributed by atoms with Crippen LogP contribution in [0.15, 0.2) is 48.7 Å². The van der Waals surface area contributed by atoms with Crippen LogP contribution in [0.4, 0.5) is 9.52 Å². The van der Waals surface area contributed by atoms with Crippen molar-refractivity contribution in [1.29, 1.82) is 0 Å². The molecule has 116 valence electrons. The van der Waals surface area contributed by atoms with Gasteiger partial charge >= 0.3 is 0 Å². The second-order valence-corrected chi connectivity index (χ2v) is 6.62. The molecule has 0 radical (unpaired) electrons. The van der Waals surface area contributed by atoms with Crippen LogP contribution in [0.2, 0.25) is 0 Å². The van der Waals surface area contributed by atoms with Gasteiger partial charge < -0.3 is 5.32 Å². The molecule has 1 unspecified atom stereocenters. The number of nitrogens with one attached hydrogen (secondary N) is 1. The lowest BCUT2D eigenvalue weighted by atomic mass is 10.0. The van der Waals surface area contributed by atoms with Gasteiger partial charge in [-0.05, 0) is 42.7 Å². The average molecular weight is 326 g/mol. The van der Waals surface area contributed by atoms with Crippen LogP contribution in [0, 0.1) is 5.82 Å². The largest absolute Gasteiger partial charge is 0.348 e. The Morgan fingerprint density at radius 3 is 2.78 bits per heavy atom. The molecule has 6 heteroatoms. The van der Waals surface area contributed by atoms with E-state index in [-0.39, 0.29) is 11.9 Å². The highest BCUT2D eigenvalue weighted by atomic mass is 32.1. The highest BCUT2D eigenvalue weighted by Crippen LogP contribution is 2.42. The van der Waals surface area contributed by atoms with Crippen molar-refractivity contribution in [3.63, 3.8) is 0 Å². The normalized spacial score (nSPS) is 15.3. The molecule has 1 aliphatic rings. The number of pyridine rings is 1. The standard InChI is InChI=1S/C17H15FN4S/c18-13-5-3-4-12(10-13)15(14-6-1-2-9-19-14)20-17-22-21-16(23-17)11-7-8-11/h1-6,9-11,15H,7-8H2,(H,20,22). The summed E-state index contributed by atoms with van der Waals surface area (Å²) in [7, 11) is 0. The average Bonchev–Trinajstić information content (AvgIpc) is 3.33. The summed E-state index contributed by atoms with van der Waals surface area (Å²) in [6.07, 6.45) is 4.13. The van der Waals surface area contributed by atoms with E-state index in [9.17, 15) is 4.39 Å². The number of benzene rings is 1. The Bertz CT molecular complexity index is 801. The van der Waals surface area contributed by atoms with Crippen molar-refractivity contribution in [1.82, 2.24) is 15.2 Å². The molecule has 0 aliphatic heterocycles. The number of hydrogen-bond acceptors (Lipinski definition) is 5. The van der Waals surface area contributed by atoms with Gasteiger partial charge in [0.2, 0.25) is 5.13 Å². The molecular formula is C17H15FN4S. The van der Waals surface area contributed by atoms with Gasteiger partial charge in [-0.15, -0.1) is 10.2 Å². The summed E-state index contributed by atoms with van der Waals surface area (Å²) in [5.41, 5.74) is 1.63.